The van der Waals surface area contributed by atoms with Gasteiger partial charge in [0.1, 0.15) is 17.2 Å². The number of aromatic nitrogens is 4. The van der Waals surface area contributed by atoms with Crippen molar-refractivity contribution in [1.82, 2.24) is 24.8 Å². The molecule has 3 heterocycles. The monoisotopic (exact) mass is 381 g/mol. The topological polar surface area (TPSA) is 92.7 Å². The second-order valence-corrected chi connectivity index (χ2v) is 7.64. The van der Waals surface area contributed by atoms with Gasteiger partial charge >= 0.3 is 0 Å². The van der Waals surface area contributed by atoms with E-state index < -0.39 is 0 Å². The average Bonchev–Trinajstić information content (AvgIpc) is 3.28. The van der Waals surface area contributed by atoms with Crippen LogP contribution in [0.1, 0.15) is 25.7 Å². The van der Waals surface area contributed by atoms with Crippen LogP contribution in [-0.2, 0) is 11.3 Å². The van der Waals surface area contributed by atoms with E-state index in [0.717, 1.165) is 11.0 Å². The van der Waals surface area contributed by atoms with Gasteiger partial charge in [0, 0.05) is 0 Å². The third-order valence-corrected chi connectivity index (χ3v) is 5.27. The van der Waals surface area contributed by atoms with E-state index >= 15 is 0 Å². The summed E-state index contributed by atoms with van der Waals surface area (Å²) in [5.74, 6) is 0.578. The van der Waals surface area contributed by atoms with E-state index in [1.807, 2.05) is 43.5 Å². The van der Waals surface area contributed by atoms with Crippen LogP contribution in [0.25, 0.3) is 21.3 Å². The number of nitrogens with one attached hydrogen (secondary N) is 2. The number of imidazole rings is 1. The maximum atomic E-state index is 12.6. The first-order valence-corrected chi connectivity index (χ1v) is 9.57. The molecule has 138 valence electrons. The molecule has 8 heteroatoms. The van der Waals surface area contributed by atoms with Crippen LogP contribution >= 0.6 is 11.3 Å². The number of nitrogens with zero attached hydrogens (tertiary/aromatic N) is 3. The molecule has 1 amide bonds. The zero-order chi connectivity index (χ0) is 19.0. The molecule has 2 N–H and O–H groups in total. The van der Waals surface area contributed by atoms with Gasteiger partial charge in [-0.25, -0.2) is 9.97 Å². The fourth-order valence-electron chi connectivity index (χ4n) is 3.05. The Hall–Kier alpha value is -3.00. The molecule has 0 spiro atoms. The zero-order valence-electron chi connectivity index (χ0n) is 15.0. The molecule has 1 aromatic carbocycles. The summed E-state index contributed by atoms with van der Waals surface area (Å²) in [6.45, 7) is 3.95. The van der Waals surface area contributed by atoms with Crippen molar-refractivity contribution in [1.29, 1.82) is 0 Å². The molecule has 1 atom stereocenters. The van der Waals surface area contributed by atoms with Crippen molar-refractivity contribution < 1.29 is 4.79 Å². The molecular formula is C19H19N5O2S. The van der Waals surface area contributed by atoms with Crippen LogP contribution in [0.15, 0.2) is 46.8 Å². The van der Waals surface area contributed by atoms with Crippen molar-refractivity contribution in [3.63, 3.8) is 0 Å². The Morgan fingerprint density at radius 1 is 1.30 bits per heavy atom. The van der Waals surface area contributed by atoms with Gasteiger partial charge in [0.05, 0.1) is 28.8 Å². The minimum atomic E-state index is -0.279. The van der Waals surface area contributed by atoms with Crippen LogP contribution in [0.2, 0.25) is 0 Å². The second kappa shape index (κ2) is 6.96. The Morgan fingerprint density at radius 3 is 2.89 bits per heavy atom. The van der Waals surface area contributed by atoms with Gasteiger partial charge < -0.3 is 10.3 Å². The van der Waals surface area contributed by atoms with E-state index in [2.05, 4.69) is 20.3 Å². The van der Waals surface area contributed by atoms with Crippen molar-refractivity contribution in [3.05, 3.63) is 58.2 Å². The van der Waals surface area contributed by atoms with Gasteiger partial charge in [-0.05, 0) is 29.5 Å². The quantitative estimate of drug-likeness (QED) is 0.556. The normalized spacial score (nSPS) is 12.7. The molecule has 0 bridgehead atoms. The van der Waals surface area contributed by atoms with Crippen LogP contribution in [0.4, 0.5) is 0 Å². The van der Waals surface area contributed by atoms with Gasteiger partial charge in [0.2, 0.25) is 5.91 Å². The number of hydrogen-bond donors (Lipinski definition) is 2. The van der Waals surface area contributed by atoms with E-state index in [1.165, 1.54) is 22.2 Å². The van der Waals surface area contributed by atoms with Crippen LogP contribution < -0.4 is 10.9 Å². The molecule has 1 unspecified atom stereocenters. The van der Waals surface area contributed by atoms with Crippen molar-refractivity contribution in [2.75, 3.05) is 0 Å². The number of H-pyrrole nitrogens is 1. The first kappa shape index (κ1) is 17.4. The maximum Gasteiger partial charge on any atom is 0.262 e. The van der Waals surface area contributed by atoms with Crippen molar-refractivity contribution in [2.24, 2.45) is 5.92 Å². The lowest BCUT2D eigenvalue weighted by atomic mass is 10.0. The number of aromatic amines is 1. The zero-order valence-corrected chi connectivity index (χ0v) is 15.8. The van der Waals surface area contributed by atoms with Crippen molar-refractivity contribution in [2.45, 2.75) is 26.4 Å². The first-order valence-electron chi connectivity index (χ1n) is 8.69. The Labute approximate surface area is 159 Å². The van der Waals surface area contributed by atoms with Gasteiger partial charge in [-0.1, -0.05) is 26.0 Å². The number of fused-ring (bicyclic) bond motifs is 2. The van der Waals surface area contributed by atoms with Gasteiger partial charge in [0.15, 0.2) is 0 Å². The largest absolute Gasteiger partial charge is 0.344 e. The molecule has 3 aromatic heterocycles. The average molecular weight is 381 g/mol. The summed E-state index contributed by atoms with van der Waals surface area (Å²) in [7, 11) is 0. The molecule has 0 saturated carbocycles. The number of rotatable bonds is 5. The Kier molecular flexibility index (Phi) is 4.49. The predicted octanol–water partition coefficient (Wildman–Crippen LogP) is 2.85. The second-order valence-electron chi connectivity index (χ2n) is 6.75. The van der Waals surface area contributed by atoms with Crippen LogP contribution in [0.5, 0.6) is 0 Å². The number of carbonyl (C=O) groups is 1. The summed E-state index contributed by atoms with van der Waals surface area (Å²) in [4.78, 5) is 37.9. The van der Waals surface area contributed by atoms with Crippen LogP contribution in [-0.4, -0.2) is 25.4 Å². The van der Waals surface area contributed by atoms with Gasteiger partial charge in [-0.2, -0.15) is 0 Å². The molecule has 4 rings (SSSR count). The van der Waals surface area contributed by atoms with E-state index in [4.69, 9.17) is 0 Å². The molecule has 0 aliphatic rings. The number of amides is 1. The summed E-state index contributed by atoms with van der Waals surface area (Å²) in [6.07, 6.45) is 1.42. The highest BCUT2D eigenvalue weighted by Crippen LogP contribution is 2.22. The predicted molar refractivity (Wildman–Crippen MR) is 106 cm³/mol. The summed E-state index contributed by atoms with van der Waals surface area (Å²) in [5, 5.41) is 5.35. The summed E-state index contributed by atoms with van der Waals surface area (Å²) in [6, 6.07) is 9.19. The number of hydrogen-bond acceptors (Lipinski definition) is 5. The van der Waals surface area contributed by atoms with E-state index in [0.29, 0.717) is 16.0 Å². The molecular weight excluding hydrogens is 362 g/mol. The maximum absolute atomic E-state index is 12.6. The van der Waals surface area contributed by atoms with Crippen molar-refractivity contribution >= 4 is 38.5 Å². The third kappa shape index (κ3) is 3.35. The summed E-state index contributed by atoms with van der Waals surface area (Å²) >= 11 is 1.41. The lowest BCUT2D eigenvalue weighted by Crippen LogP contribution is -2.37. The summed E-state index contributed by atoms with van der Waals surface area (Å²) < 4.78 is 1.33. The fourth-order valence-corrected chi connectivity index (χ4v) is 3.77. The molecule has 7 nitrogen and oxygen atoms in total. The van der Waals surface area contributed by atoms with Gasteiger partial charge in [-0.3, -0.25) is 14.2 Å². The smallest absolute Gasteiger partial charge is 0.262 e. The molecule has 0 saturated heterocycles. The number of thiophene rings is 1. The SMILES string of the molecule is CC(C)C(NC(=O)Cn1cnc2sccc2c1=O)c1nc2ccccc2[nH]1. The highest BCUT2D eigenvalue weighted by Gasteiger charge is 2.22. The lowest BCUT2D eigenvalue weighted by Gasteiger charge is -2.20. The molecule has 0 fully saturated rings. The van der Waals surface area contributed by atoms with Gasteiger partial charge in [-0.15, -0.1) is 11.3 Å². The Balaban J connectivity index is 1.56. The minimum absolute atomic E-state index is 0.0823. The number of para-hydroxylation sites is 2. The Morgan fingerprint density at radius 2 is 2.11 bits per heavy atom. The molecule has 0 radical (unpaired) electrons. The lowest BCUT2D eigenvalue weighted by molar-refractivity contribution is -0.122. The van der Waals surface area contributed by atoms with E-state index in [1.54, 1.807) is 6.07 Å². The third-order valence-electron chi connectivity index (χ3n) is 4.45. The molecule has 4 aromatic rings. The standard InChI is InChI=1S/C19H19N5O2S/c1-11(2)16(17-21-13-5-3-4-6-14(13)22-17)23-15(25)9-24-10-20-18-12(19(24)26)7-8-27-18/h3-8,10-11,16H,9H2,1-2H3,(H,21,22)(H,23,25). The number of benzene rings is 1. The minimum Gasteiger partial charge on any atom is -0.344 e. The highest BCUT2D eigenvalue weighted by atomic mass is 32.1. The fraction of sp³-hybridized carbons (Fsp3) is 0.263. The molecule has 0 aliphatic heterocycles. The first-order chi connectivity index (χ1) is 13.0. The number of carbonyl (C=O) groups excluding carboxylic acids is 1. The van der Waals surface area contributed by atoms with E-state index in [-0.39, 0.29) is 30.0 Å². The highest BCUT2D eigenvalue weighted by molar-refractivity contribution is 7.16. The van der Waals surface area contributed by atoms with E-state index in [9.17, 15) is 9.59 Å². The molecule has 0 aliphatic carbocycles. The summed E-state index contributed by atoms with van der Waals surface area (Å²) in [5.41, 5.74) is 1.58. The van der Waals surface area contributed by atoms with Crippen LogP contribution in [0.3, 0.4) is 0 Å². The van der Waals surface area contributed by atoms with Crippen LogP contribution in [0, 0.1) is 5.92 Å². The Bertz CT molecular complexity index is 1140. The molecule has 27 heavy (non-hydrogen) atoms. The van der Waals surface area contributed by atoms with Gasteiger partial charge in [0.25, 0.3) is 5.56 Å². The van der Waals surface area contributed by atoms with Crippen molar-refractivity contribution in [3.8, 4) is 0 Å².